The number of fused-ring (bicyclic) bond motifs is 1. The molecule has 0 spiro atoms. The van der Waals surface area contributed by atoms with Gasteiger partial charge in [0.2, 0.25) is 0 Å². The van der Waals surface area contributed by atoms with Crippen LogP contribution in [0.5, 0.6) is 0 Å². The Labute approximate surface area is 195 Å². The molecule has 0 amide bonds. The molecule has 4 N–H and O–H groups in total. The minimum absolute atomic E-state index is 0.0817. The lowest BCUT2D eigenvalue weighted by molar-refractivity contribution is -0.140. The predicted molar refractivity (Wildman–Crippen MR) is 125 cm³/mol. The molecular weight excluding hydrogens is 444 g/mol. The number of aliphatic carboxylic acids is 1. The molecule has 2 aromatic rings. The van der Waals surface area contributed by atoms with E-state index >= 15 is 0 Å². The number of benzene rings is 1. The molecule has 1 aliphatic rings. The SMILES string of the molecule is COC(=O)CCCCn1c(=O)c2c(n(C)c1=O)N(C)C(c1ccc(C(=N)N)cc1)N2CC(=O)O. The molecule has 2 heterocycles. The van der Waals surface area contributed by atoms with Crippen LogP contribution in [-0.2, 0) is 27.9 Å². The summed E-state index contributed by atoms with van der Waals surface area (Å²) in [6, 6.07) is 6.71. The van der Waals surface area contributed by atoms with Crippen LogP contribution in [0, 0.1) is 5.41 Å². The number of carbonyl (C=O) groups is 2. The summed E-state index contributed by atoms with van der Waals surface area (Å²) in [6.45, 7) is -0.384. The fourth-order valence-electron chi connectivity index (χ4n) is 4.23. The van der Waals surface area contributed by atoms with E-state index in [2.05, 4.69) is 4.74 Å². The number of hydrogen-bond donors (Lipinski definition) is 3. The Balaban J connectivity index is 2.05. The van der Waals surface area contributed by atoms with Gasteiger partial charge in [-0.25, -0.2) is 4.79 Å². The Morgan fingerprint density at radius 1 is 1.15 bits per heavy atom. The topological polar surface area (TPSA) is 164 Å². The van der Waals surface area contributed by atoms with E-state index < -0.39 is 29.9 Å². The van der Waals surface area contributed by atoms with E-state index in [4.69, 9.17) is 11.1 Å². The highest BCUT2D eigenvalue weighted by molar-refractivity contribution is 5.95. The normalized spacial score (nSPS) is 14.7. The lowest BCUT2D eigenvalue weighted by Gasteiger charge is -2.29. The third-order valence-corrected chi connectivity index (χ3v) is 5.84. The molecule has 1 aromatic heterocycles. The van der Waals surface area contributed by atoms with E-state index in [0.29, 0.717) is 29.8 Å². The van der Waals surface area contributed by atoms with Crippen LogP contribution in [0.1, 0.15) is 36.6 Å². The molecule has 0 radical (unpaired) electrons. The van der Waals surface area contributed by atoms with Crippen molar-refractivity contribution >= 4 is 29.3 Å². The van der Waals surface area contributed by atoms with Crippen molar-refractivity contribution in [2.45, 2.75) is 32.0 Å². The predicted octanol–water partition coefficient (Wildman–Crippen LogP) is 0.214. The number of carboxylic acids is 1. The zero-order valence-corrected chi connectivity index (χ0v) is 19.3. The number of ether oxygens (including phenoxy) is 1. The molecule has 12 heteroatoms. The van der Waals surface area contributed by atoms with Gasteiger partial charge in [0.15, 0.2) is 0 Å². The highest BCUT2D eigenvalue weighted by Gasteiger charge is 2.41. The monoisotopic (exact) mass is 472 g/mol. The van der Waals surface area contributed by atoms with Gasteiger partial charge in [-0.05, 0) is 18.4 Å². The van der Waals surface area contributed by atoms with Gasteiger partial charge in [-0.1, -0.05) is 24.3 Å². The minimum Gasteiger partial charge on any atom is -0.480 e. The maximum Gasteiger partial charge on any atom is 0.332 e. The number of carboxylic acid groups (broad SMARTS) is 1. The number of rotatable bonds is 9. The maximum absolute atomic E-state index is 13.4. The molecule has 0 saturated heterocycles. The lowest BCUT2D eigenvalue weighted by atomic mass is 10.1. The number of anilines is 2. The van der Waals surface area contributed by atoms with Crippen molar-refractivity contribution in [3.8, 4) is 0 Å². The summed E-state index contributed by atoms with van der Waals surface area (Å²) in [6.07, 6.45) is 0.334. The van der Waals surface area contributed by atoms with Crippen molar-refractivity contribution in [1.29, 1.82) is 5.41 Å². The first-order chi connectivity index (χ1) is 16.1. The highest BCUT2D eigenvalue weighted by Crippen LogP contribution is 2.42. The standard InChI is InChI=1S/C22H28N6O6/c1-25-19(14-9-7-13(8-10-14)18(23)24)28(12-15(29)30)17-20(25)26(2)22(33)27(21(17)32)11-5-4-6-16(31)34-3/h7-10,19H,4-6,11-12H2,1-3H3,(H3,23,24)(H,29,30). The number of methoxy groups -OCH3 is 1. The van der Waals surface area contributed by atoms with Gasteiger partial charge in [0, 0.05) is 32.6 Å². The van der Waals surface area contributed by atoms with Gasteiger partial charge >= 0.3 is 17.6 Å². The van der Waals surface area contributed by atoms with Crippen LogP contribution in [0.3, 0.4) is 0 Å². The first-order valence-electron chi connectivity index (χ1n) is 10.6. The van der Waals surface area contributed by atoms with Gasteiger partial charge in [0.1, 0.15) is 30.1 Å². The van der Waals surface area contributed by atoms with Crippen molar-refractivity contribution < 1.29 is 19.4 Å². The highest BCUT2D eigenvalue weighted by atomic mass is 16.5. The fraction of sp³-hybridized carbons (Fsp3) is 0.409. The first kappa shape index (κ1) is 24.6. The lowest BCUT2D eigenvalue weighted by Crippen LogP contribution is -2.42. The van der Waals surface area contributed by atoms with Gasteiger partial charge in [0.25, 0.3) is 5.56 Å². The zero-order chi connectivity index (χ0) is 25.2. The van der Waals surface area contributed by atoms with Gasteiger partial charge < -0.3 is 25.4 Å². The van der Waals surface area contributed by atoms with Gasteiger partial charge in [0.05, 0.1) is 7.11 Å². The second-order valence-electron chi connectivity index (χ2n) is 8.05. The number of aromatic nitrogens is 2. The van der Waals surface area contributed by atoms with E-state index in [1.165, 1.54) is 23.6 Å². The van der Waals surface area contributed by atoms with Crippen molar-refractivity contribution in [2.75, 3.05) is 30.5 Å². The summed E-state index contributed by atoms with van der Waals surface area (Å²) < 4.78 is 7.01. The van der Waals surface area contributed by atoms with Crippen LogP contribution in [-0.4, -0.2) is 52.7 Å². The Bertz CT molecular complexity index is 1230. The number of nitrogens with two attached hydrogens (primary N) is 1. The average molecular weight is 473 g/mol. The molecule has 0 bridgehead atoms. The Morgan fingerprint density at radius 2 is 1.79 bits per heavy atom. The smallest absolute Gasteiger partial charge is 0.332 e. The number of amidine groups is 1. The molecule has 1 atom stereocenters. The number of hydrogen-bond acceptors (Lipinski definition) is 8. The largest absolute Gasteiger partial charge is 0.480 e. The van der Waals surface area contributed by atoms with E-state index in [1.54, 1.807) is 36.2 Å². The number of nitrogen functional groups attached to an aromatic ring is 1. The van der Waals surface area contributed by atoms with Crippen LogP contribution < -0.4 is 26.8 Å². The van der Waals surface area contributed by atoms with Crippen molar-refractivity contribution in [3.05, 3.63) is 56.2 Å². The van der Waals surface area contributed by atoms with Gasteiger partial charge in [-0.15, -0.1) is 0 Å². The molecule has 0 fully saturated rings. The molecule has 1 aromatic carbocycles. The average Bonchev–Trinajstić information content (AvgIpc) is 3.08. The second-order valence-corrected chi connectivity index (χ2v) is 8.05. The maximum atomic E-state index is 13.4. The van der Waals surface area contributed by atoms with Gasteiger partial charge in [-0.2, -0.15) is 0 Å². The third-order valence-electron chi connectivity index (χ3n) is 5.84. The molecule has 12 nitrogen and oxygen atoms in total. The molecule has 0 aliphatic carbocycles. The van der Waals surface area contributed by atoms with Crippen molar-refractivity contribution in [1.82, 2.24) is 9.13 Å². The first-order valence-corrected chi connectivity index (χ1v) is 10.6. The summed E-state index contributed by atoms with van der Waals surface area (Å²) in [5, 5.41) is 17.1. The van der Waals surface area contributed by atoms with E-state index in [0.717, 1.165) is 4.57 Å². The van der Waals surface area contributed by atoms with Gasteiger partial charge in [-0.3, -0.25) is 28.9 Å². The molecule has 1 aliphatic heterocycles. The van der Waals surface area contributed by atoms with Crippen LogP contribution in [0.2, 0.25) is 0 Å². The van der Waals surface area contributed by atoms with E-state index in [9.17, 15) is 24.3 Å². The Morgan fingerprint density at radius 3 is 2.35 bits per heavy atom. The number of carbonyl (C=O) groups excluding carboxylic acids is 1. The zero-order valence-electron chi connectivity index (χ0n) is 19.3. The molecule has 0 saturated carbocycles. The fourth-order valence-corrected chi connectivity index (χ4v) is 4.23. The minimum atomic E-state index is -1.13. The van der Waals surface area contributed by atoms with Crippen LogP contribution in [0.15, 0.2) is 33.9 Å². The summed E-state index contributed by atoms with van der Waals surface area (Å²) in [7, 11) is 4.51. The van der Waals surface area contributed by atoms with Crippen LogP contribution >= 0.6 is 0 Å². The molecule has 34 heavy (non-hydrogen) atoms. The van der Waals surface area contributed by atoms with Crippen LogP contribution in [0.25, 0.3) is 0 Å². The summed E-state index contributed by atoms with van der Waals surface area (Å²) in [5.74, 6) is -1.30. The van der Waals surface area contributed by atoms with Crippen molar-refractivity contribution in [2.24, 2.45) is 12.8 Å². The summed E-state index contributed by atoms with van der Waals surface area (Å²) in [5.41, 5.74) is 5.70. The van der Waals surface area contributed by atoms with Crippen molar-refractivity contribution in [3.63, 3.8) is 0 Å². The Hall–Kier alpha value is -4.09. The summed E-state index contributed by atoms with van der Waals surface area (Å²) in [4.78, 5) is 52.6. The number of esters is 1. The Kier molecular flexibility index (Phi) is 7.08. The molecule has 1 unspecified atom stereocenters. The molecule has 182 valence electrons. The molecule has 3 rings (SSSR count). The second kappa shape index (κ2) is 9.81. The number of nitrogens with one attached hydrogen (secondary N) is 1. The quantitative estimate of drug-likeness (QED) is 0.200. The number of unbranched alkanes of at least 4 members (excludes halogenated alkanes) is 1. The van der Waals surface area contributed by atoms with Crippen LogP contribution in [0.4, 0.5) is 11.5 Å². The molecular formula is C22H28N6O6. The number of nitrogens with zero attached hydrogens (tertiary/aromatic N) is 4. The third kappa shape index (κ3) is 4.51. The summed E-state index contributed by atoms with van der Waals surface area (Å²) >= 11 is 0. The van der Waals surface area contributed by atoms with E-state index in [-0.39, 0.29) is 30.5 Å². The van der Waals surface area contributed by atoms with E-state index in [1.807, 2.05) is 0 Å².